The molecule has 154 valence electrons. The molecule has 1 N–H and O–H groups in total. The van der Waals surface area contributed by atoms with Crippen LogP contribution >= 0.6 is 0 Å². The van der Waals surface area contributed by atoms with E-state index in [0.717, 1.165) is 21.9 Å². The number of aryl methyl sites for hydroxylation is 2. The number of benzene rings is 2. The Hall–Kier alpha value is -2.87. The van der Waals surface area contributed by atoms with Crippen LogP contribution in [0.3, 0.4) is 0 Å². The maximum atomic E-state index is 13.3. The van der Waals surface area contributed by atoms with Crippen LogP contribution in [0.15, 0.2) is 47.4 Å². The zero-order valence-electron chi connectivity index (χ0n) is 17.0. The molecule has 0 fully saturated rings. The van der Waals surface area contributed by atoms with Crippen LogP contribution < -0.4 is 14.5 Å². The summed E-state index contributed by atoms with van der Waals surface area (Å²) in [6, 6.07) is 10.5. The van der Waals surface area contributed by atoms with Crippen molar-refractivity contribution in [2.45, 2.75) is 45.1 Å². The molecule has 1 atom stereocenters. The van der Waals surface area contributed by atoms with Gasteiger partial charge in [0.2, 0.25) is 5.91 Å². The molecule has 0 saturated heterocycles. The molecule has 2 aromatic rings. The highest BCUT2D eigenvalue weighted by Gasteiger charge is 2.43. The molecule has 0 spiro atoms. The highest BCUT2D eigenvalue weighted by atomic mass is 32.2. The Bertz CT molecular complexity index is 1070. The Morgan fingerprint density at radius 1 is 1.10 bits per heavy atom. The molecule has 2 aromatic carbocycles. The number of fused-ring (bicyclic) bond motifs is 1. The SMILES string of the molecule is CC[C@@H](C)NC(=O)CN1C(=O)N(c2ccc(C)c(C)c2)S(=O)(=O)c2ccccc21. The van der Waals surface area contributed by atoms with Gasteiger partial charge in [-0.2, -0.15) is 4.31 Å². The number of rotatable bonds is 5. The molecule has 0 bridgehead atoms. The van der Waals surface area contributed by atoms with Gasteiger partial charge in [0.25, 0.3) is 10.0 Å². The molecule has 3 rings (SSSR count). The summed E-state index contributed by atoms with van der Waals surface area (Å²) >= 11 is 0. The van der Waals surface area contributed by atoms with Gasteiger partial charge in [-0.15, -0.1) is 0 Å². The lowest BCUT2D eigenvalue weighted by Crippen LogP contribution is -2.54. The molecule has 1 aliphatic rings. The van der Waals surface area contributed by atoms with Crippen molar-refractivity contribution in [2.24, 2.45) is 0 Å². The minimum Gasteiger partial charge on any atom is -0.352 e. The lowest BCUT2D eigenvalue weighted by atomic mass is 10.1. The number of urea groups is 1. The van der Waals surface area contributed by atoms with E-state index < -0.39 is 16.1 Å². The smallest absolute Gasteiger partial charge is 0.343 e. The van der Waals surface area contributed by atoms with Crippen LogP contribution in [0.5, 0.6) is 0 Å². The summed E-state index contributed by atoms with van der Waals surface area (Å²) in [6.45, 7) is 7.31. The van der Waals surface area contributed by atoms with E-state index in [4.69, 9.17) is 0 Å². The fraction of sp³-hybridized carbons (Fsp3) is 0.333. The lowest BCUT2D eigenvalue weighted by Gasteiger charge is -2.36. The van der Waals surface area contributed by atoms with Gasteiger partial charge in [0.15, 0.2) is 0 Å². The summed E-state index contributed by atoms with van der Waals surface area (Å²) in [5.41, 5.74) is 2.31. The minimum absolute atomic E-state index is 0.00540. The number of hydrogen-bond acceptors (Lipinski definition) is 4. The van der Waals surface area contributed by atoms with Crippen molar-refractivity contribution in [3.8, 4) is 0 Å². The molecule has 1 heterocycles. The van der Waals surface area contributed by atoms with Crippen molar-refractivity contribution >= 4 is 33.3 Å². The van der Waals surface area contributed by atoms with Gasteiger partial charge in [-0.25, -0.2) is 13.2 Å². The van der Waals surface area contributed by atoms with E-state index >= 15 is 0 Å². The second kappa shape index (κ2) is 7.87. The maximum Gasteiger partial charge on any atom is 0.343 e. The Kier molecular flexibility index (Phi) is 5.66. The molecular formula is C21H25N3O4S. The molecule has 29 heavy (non-hydrogen) atoms. The summed E-state index contributed by atoms with van der Waals surface area (Å²) in [5, 5.41) is 2.82. The number of amides is 3. The third-order valence-corrected chi connectivity index (χ3v) is 6.87. The summed E-state index contributed by atoms with van der Waals surface area (Å²) in [6.07, 6.45) is 0.749. The standard InChI is InChI=1S/C21H25N3O4S/c1-5-16(4)22-20(25)13-23-18-8-6-7-9-19(18)29(27,28)24(21(23)26)17-11-10-14(2)15(3)12-17/h6-12,16H,5,13H2,1-4H3,(H,22,25)/t16-/m1/s1. The van der Waals surface area contributed by atoms with Gasteiger partial charge in [0.05, 0.1) is 11.4 Å². The van der Waals surface area contributed by atoms with Crippen LogP contribution in [-0.2, 0) is 14.8 Å². The van der Waals surface area contributed by atoms with Crippen molar-refractivity contribution < 1.29 is 18.0 Å². The van der Waals surface area contributed by atoms with E-state index in [0.29, 0.717) is 0 Å². The highest BCUT2D eigenvalue weighted by molar-refractivity contribution is 7.94. The van der Waals surface area contributed by atoms with E-state index in [1.54, 1.807) is 36.4 Å². The first-order valence-corrected chi connectivity index (χ1v) is 10.9. The van der Waals surface area contributed by atoms with E-state index in [-0.39, 0.29) is 34.8 Å². The maximum absolute atomic E-state index is 13.3. The normalized spacial score (nSPS) is 16.3. The van der Waals surface area contributed by atoms with Gasteiger partial charge in [-0.3, -0.25) is 9.69 Å². The molecule has 0 aliphatic carbocycles. The molecule has 0 radical (unpaired) electrons. The zero-order valence-corrected chi connectivity index (χ0v) is 17.8. The number of anilines is 2. The molecule has 7 nitrogen and oxygen atoms in total. The largest absolute Gasteiger partial charge is 0.352 e. The number of hydrogen-bond donors (Lipinski definition) is 1. The first-order valence-electron chi connectivity index (χ1n) is 9.49. The van der Waals surface area contributed by atoms with E-state index in [2.05, 4.69) is 5.32 Å². The number of nitrogens with one attached hydrogen (secondary N) is 1. The Morgan fingerprint density at radius 2 is 1.79 bits per heavy atom. The minimum atomic E-state index is -4.10. The first kappa shape index (κ1) is 20.9. The van der Waals surface area contributed by atoms with Crippen LogP contribution in [-0.4, -0.2) is 32.9 Å². The van der Waals surface area contributed by atoms with Crippen molar-refractivity contribution in [2.75, 3.05) is 15.7 Å². The quantitative estimate of drug-likeness (QED) is 0.811. The fourth-order valence-electron chi connectivity index (χ4n) is 3.13. The second-order valence-electron chi connectivity index (χ2n) is 7.25. The number of nitrogens with zero attached hydrogens (tertiary/aromatic N) is 2. The van der Waals surface area contributed by atoms with E-state index in [1.807, 2.05) is 27.7 Å². The van der Waals surface area contributed by atoms with Crippen molar-refractivity contribution in [3.05, 3.63) is 53.6 Å². The van der Waals surface area contributed by atoms with Gasteiger partial charge in [-0.1, -0.05) is 25.1 Å². The van der Waals surface area contributed by atoms with Gasteiger partial charge >= 0.3 is 6.03 Å². The summed E-state index contributed by atoms with van der Waals surface area (Å²) in [7, 11) is -4.10. The van der Waals surface area contributed by atoms with Gasteiger partial charge in [0.1, 0.15) is 11.4 Å². The molecule has 0 aromatic heterocycles. The summed E-state index contributed by atoms with van der Waals surface area (Å²) in [4.78, 5) is 27.0. The van der Waals surface area contributed by atoms with Crippen molar-refractivity contribution in [3.63, 3.8) is 0 Å². The van der Waals surface area contributed by atoms with Crippen LogP contribution in [0.25, 0.3) is 0 Å². The second-order valence-corrected chi connectivity index (χ2v) is 9.01. The van der Waals surface area contributed by atoms with Crippen LogP contribution in [0.2, 0.25) is 0 Å². The first-order chi connectivity index (χ1) is 13.7. The molecule has 0 saturated carbocycles. The average Bonchev–Trinajstić information content (AvgIpc) is 2.67. The molecule has 3 amide bonds. The summed E-state index contributed by atoms with van der Waals surface area (Å²) < 4.78 is 27.3. The Morgan fingerprint density at radius 3 is 2.45 bits per heavy atom. The molecular weight excluding hydrogens is 390 g/mol. The summed E-state index contributed by atoms with van der Waals surface area (Å²) in [5.74, 6) is -0.346. The molecule has 8 heteroatoms. The van der Waals surface area contributed by atoms with E-state index in [9.17, 15) is 18.0 Å². The fourth-order valence-corrected chi connectivity index (χ4v) is 4.72. The van der Waals surface area contributed by atoms with Gasteiger partial charge in [-0.05, 0) is 62.6 Å². The van der Waals surface area contributed by atoms with Crippen LogP contribution in [0, 0.1) is 13.8 Å². The lowest BCUT2D eigenvalue weighted by molar-refractivity contribution is -0.120. The average molecular weight is 416 g/mol. The number of para-hydroxylation sites is 1. The van der Waals surface area contributed by atoms with Crippen LogP contribution in [0.4, 0.5) is 16.2 Å². The van der Waals surface area contributed by atoms with Crippen LogP contribution in [0.1, 0.15) is 31.4 Å². The van der Waals surface area contributed by atoms with Gasteiger partial charge in [0, 0.05) is 6.04 Å². The van der Waals surface area contributed by atoms with Crippen molar-refractivity contribution in [1.82, 2.24) is 5.32 Å². The number of sulfonamides is 1. The predicted molar refractivity (Wildman–Crippen MR) is 113 cm³/mol. The number of carbonyl (C=O) groups excluding carboxylic acids is 2. The Balaban J connectivity index is 2.09. The zero-order chi connectivity index (χ0) is 21.3. The highest BCUT2D eigenvalue weighted by Crippen LogP contribution is 2.37. The number of carbonyl (C=O) groups is 2. The van der Waals surface area contributed by atoms with Crippen molar-refractivity contribution in [1.29, 1.82) is 0 Å². The molecule has 1 aliphatic heterocycles. The third-order valence-electron chi connectivity index (χ3n) is 5.13. The van der Waals surface area contributed by atoms with E-state index in [1.165, 1.54) is 11.0 Å². The third kappa shape index (κ3) is 3.85. The molecule has 0 unspecified atom stereocenters. The Labute approximate surface area is 171 Å². The monoisotopic (exact) mass is 415 g/mol. The van der Waals surface area contributed by atoms with Gasteiger partial charge < -0.3 is 5.32 Å². The predicted octanol–water partition coefficient (Wildman–Crippen LogP) is 3.35. The topological polar surface area (TPSA) is 86.8 Å².